The molecule has 2 fully saturated rings. The van der Waals surface area contributed by atoms with Crippen LogP contribution in [0.15, 0.2) is 30.3 Å². The predicted molar refractivity (Wildman–Crippen MR) is 67.6 cm³/mol. The van der Waals surface area contributed by atoms with E-state index >= 15 is 0 Å². The first-order valence-electron chi connectivity index (χ1n) is 6.41. The Morgan fingerprint density at radius 2 is 1.74 bits per heavy atom. The molecule has 0 saturated carbocycles. The van der Waals surface area contributed by atoms with Crippen LogP contribution >= 0.6 is 0 Å². The third-order valence-electron chi connectivity index (χ3n) is 3.90. The van der Waals surface area contributed by atoms with Gasteiger partial charge in [0.2, 0.25) is 5.91 Å². The smallest absolute Gasteiger partial charge is 0.310 e. The Morgan fingerprint density at radius 3 is 2.37 bits per heavy atom. The summed E-state index contributed by atoms with van der Waals surface area (Å²) in [6, 6.07) is 9.06. The lowest BCUT2D eigenvalue weighted by Gasteiger charge is -2.23. The number of benzene rings is 1. The zero-order valence-electron chi connectivity index (χ0n) is 10.3. The number of anilines is 1. The number of hydrogen-bond acceptors (Lipinski definition) is 3. The van der Waals surface area contributed by atoms with Crippen molar-refractivity contribution in [1.82, 2.24) is 0 Å². The van der Waals surface area contributed by atoms with Crippen LogP contribution in [0.5, 0.6) is 0 Å². The normalized spacial score (nSPS) is 32.2. The van der Waals surface area contributed by atoms with Crippen molar-refractivity contribution < 1.29 is 19.4 Å². The number of fused-ring (bicyclic) bond motifs is 2. The van der Waals surface area contributed by atoms with Crippen molar-refractivity contribution in [3.63, 3.8) is 0 Å². The molecule has 2 bridgehead atoms. The Hall–Kier alpha value is -1.88. The van der Waals surface area contributed by atoms with Crippen LogP contribution < -0.4 is 5.32 Å². The van der Waals surface area contributed by atoms with Crippen LogP contribution in [-0.4, -0.2) is 29.2 Å². The molecular weight excluding hydrogens is 246 g/mol. The van der Waals surface area contributed by atoms with Gasteiger partial charge in [0.15, 0.2) is 0 Å². The average Bonchev–Trinajstić information content (AvgIpc) is 2.99. The minimum atomic E-state index is -0.944. The van der Waals surface area contributed by atoms with Crippen LogP contribution in [0.4, 0.5) is 5.69 Å². The second kappa shape index (κ2) is 4.66. The number of carboxylic acids is 1. The van der Waals surface area contributed by atoms with Crippen LogP contribution in [0.2, 0.25) is 0 Å². The van der Waals surface area contributed by atoms with Crippen molar-refractivity contribution in [2.24, 2.45) is 11.8 Å². The number of rotatable bonds is 3. The fourth-order valence-electron chi connectivity index (χ4n) is 3.07. The van der Waals surface area contributed by atoms with Crippen molar-refractivity contribution in [1.29, 1.82) is 0 Å². The highest BCUT2D eigenvalue weighted by atomic mass is 16.5. The summed E-state index contributed by atoms with van der Waals surface area (Å²) in [5, 5.41) is 12.0. The van der Waals surface area contributed by atoms with E-state index in [9.17, 15) is 14.7 Å². The highest BCUT2D eigenvalue weighted by Gasteiger charge is 2.55. The third-order valence-corrected chi connectivity index (χ3v) is 3.90. The Bertz CT molecular complexity index is 501. The molecule has 2 N–H and O–H groups in total. The topological polar surface area (TPSA) is 75.6 Å². The number of ether oxygens (including phenoxy) is 1. The van der Waals surface area contributed by atoms with Gasteiger partial charge in [0, 0.05) is 5.69 Å². The number of para-hydroxylation sites is 1. The van der Waals surface area contributed by atoms with E-state index in [0.717, 1.165) is 12.8 Å². The zero-order chi connectivity index (χ0) is 13.4. The molecule has 0 aliphatic carbocycles. The van der Waals surface area contributed by atoms with Gasteiger partial charge in [0.05, 0.1) is 24.0 Å². The van der Waals surface area contributed by atoms with Crippen LogP contribution in [0, 0.1) is 11.8 Å². The van der Waals surface area contributed by atoms with Crippen molar-refractivity contribution in [2.45, 2.75) is 25.0 Å². The molecule has 100 valence electrons. The van der Waals surface area contributed by atoms with Gasteiger partial charge < -0.3 is 15.2 Å². The zero-order valence-corrected chi connectivity index (χ0v) is 10.3. The number of amides is 1. The van der Waals surface area contributed by atoms with E-state index in [2.05, 4.69) is 5.32 Å². The first kappa shape index (κ1) is 12.2. The standard InChI is InChI=1S/C14H15NO4/c16-13(15-8-4-2-1-3-5-8)11-9-6-7-10(19-9)12(11)14(17)18/h1-5,9-12H,6-7H2,(H,15,16)(H,17,18)/t9-,10+,11?,12?/m1/s1. The van der Waals surface area contributed by atoms with E-state index in [1.165, 1.54) is 0 Å². The molecule has 4 atom stereocenters. The summed E-state index contributed by atoms with van der Waals surface area (Å²) in [6.45, 7) is 0. The van der Waals surface area contributed by atoms with Gasteiger partial charge >= 0.3 is 5.97 Å². The molecule has 0 aromatic heterocycles. The van der Waals surface area contributed by atoms with Crippen LogP contribution in [0.25, 0.3) is 0 Å². The van der Waals surface area contributed by atoms with Crippen molar-refractivity contribution >= 4 is 17.6 Å². The maximum Gasteiger partial charge on any atom is 0.310 e. The summed E-state index contributed by atoms with van der Waals surface area (Å²) in [4.78, 5) is 23.6. The lowest BCUT2D eigenvalue weighted by molar-refractivity contribution is -0.147. The predicted octanol–water partition coefficient (Wildman–Crippen LogP) is 1.50. The Labute approximate surface area is 110 Å². The second-order valence-corrected chi connectivity index (χ2v) is 5.04. The largest absolute Gasteiger partial charge is 0.481 e. The van der Waals surface area contributed by atoms with Gasteiger partial charge in [0.25, 0.3) is 0 Å². The maximum absolute atomic E-state index is 12.3. The molecule has 3 rings (SSSR count). The number of hydrogen-bond donors (Lipinski definition) is 2. The van der Waals surface area contributed by atoms with Crippen LogP contribution in [0.1, 0.15) is 12.8 Å². The summed E-state index contributed by atoms with van der Waals surface area (Å²) in [6.07, 6.45) is 0.932. The monoisotopic (exact) mass is 261 g/mol. The molecule has 2 aliphatic rings. The molecule has 2 saturated heterocycles. The molecular formula is C14H15NO4. The van der Waals surface area contributed by atoms with Crippen molar-refractivity contribution in [3.05, 3.63) is 30.3 Å². The van der Waals surface area contributed by atoms with Crippen molar-refractivity contribution in [3.8, 4) is 0 Å². The fourth-order valence-corrected chi connectivity index (χ4v) is 3.07. The number of nitrogens with one attached hydrogen (secondary N) is 1. The maximum atomic E-state index is 12.3. The van der Waals surface area contributed by atoms with E-state index in [0.29, 0.717) is 5.69 Å². The molecule has 19 heavy (non-hydrogen) atoms. The van der Waals surface area contributed by atoms with E-state index in [-0.39, 0.29) is 18.1 Å². The number of carboxylic acid groups (broad SMARTS) is 1. The Morgan fingerprint density at radius 1 is 1.11 bits per heavy atom. The van der Waals surface area contributed by atoms with Gasteiger partial charge in [-0.2, -0.15) is 0 Å². The molecule has 2 aliphatic heterocycles. The summed E-state index contributed by atoms with van der Waals surface area (Å²) < 4.78 is 5.58. The first-order chi connectivity index (χ1) is 9.16. The first-order valence-corrected chi connectivity index (χ1v) is 6.41. The molecule has 2 heterocycles. The summed E-state index contributed by atoms with van der Waals surface area (Å²) in [7, 11) is 0. The highest BCUT2D eigenvalue weighted by molar-refractivity contribution is 5.96. The molecule has 1 aromatic carbocycles. The lowest BCUT2D eigenvalue weighted by Crippen LogP contribution is -2.40. The van der Waals surface area contributed by atoms with Crippen LogP contribution in [-0.2, 0) is 14.3 Å². The van der Waals surface area contributed by atoms with Gasteiger partial charge in [-0.25, -0.2) is 0 Å². The number of aliphatic carboxylic acids is 1. The molecule has 1 amide bonds. The summed E-state index contributed by atoms with van der Waals surface area (Å²) >= 11 is 0. The van der Waals surface area contributed by atoms with E-state index in [4.69, 9.17) is 4.74 Å². The summed E-state index contributed by atoms with van der Waals surface area (Å²) in [5.41, 5.74) is 0.680. The van der Waals surface area contributed by atoms with Crippen LogP contribution in [0.3, 0.4) is 0 Å². The minimum absolute atomic E-state index is 0.255. The molecule has 0 spiro atoms. The van der Waals surface area contributed by atoms with Crippen molar-refractivity contribution in [2.75, 3.05) is 5.32 Å². The average molecular weight is 261 g/mol. The lowest BCUT2D eigenvalue weighted by atomic mass is 9.78. The Kier molecular flexibility index (Phi) is 2.98. The number of carbonyl (C=O) groups is 2. The quantitative estimate of drug-likeness (QED) is 0.864. The van der Waals surface area contributed by atoms with E-state index in [1.54, 1.807) is 12.1 Å². The van der Waals surface area contributed by atoms with E-state index < -0.39 is 17.8 Å². The van der Waals surface area contributed by atoms with Gasteiger partial charge in [-0.3, -0.25) is 9.59 Å². The molecule has 1 aromatic rings. The van der Waals surface area contributed by atoms with Gasteiger partial charge in [-0.05, 0) is 25.0 Å². The van der Waals surface area contributed by atoms with Gasteiger partial charge in [-0.15, -0.1) is 0 Å². The fraction of sp³-hybridized carbons (Fsp3) is 0.429. The molecule has 5 nitrogen and oxygen atoms in total. The second-order valence-electron chi connectivity index (χ2n) is 5.04. The van der Waals surface area contributed by atoms with Gasteiger partial charge in [0.1, 0.15) is 0 Å². The SMILES string of the molecule is O=C(O)C1C(C(=O)Nc2ccccc2)[C@H]2CC[C@@H]1O2. The van der Waals surface area contributed by atoms with E-state index in [1.807, 2.05) is 18.2 Å². The third kappa shape index (κ3) is 2.10. The number of carbonyl (C=O) groups excluding carboxylic acids is 1. The summed E-state index contributed by atoms with van der Waals surface area (Å²) in [5.74, 6) is -2.51. The molecule has 0 radical (unpaired) electrons. The highest BCUT2D eigenvalue weighted by Crippen LogP contribution is 2.44. The molecule has 5 heteroatoms. The minimum Gasteiger partial charge on any atom is -0.481 e. The van der Waals surface area contributed by atoms with Gasteiger partial charge in [-0.1, -0.05) is 18.2 Å². The molecule has 2 unspecified atom stereocenters. The Balaban J connectivity index is 1.77.